The number of non-ortho nitro benzene ring substituents is 1. The first-order chi connectivity index (χ1) is 10.0. The van der Waals surface area contributed by atoms with Gasteiger partial charge in [-0.1, -0.05) is 6.92 Å². The van der Waals surface area contributed by atoms with Crippen molar-refractivity contribution in [2.24, 2.45) is 0 Å². The Labute approximate surface area is 121 Å². The van der Waals surface area contributed by atoms with Gasteiger partial charge >= 0.3 is 5.97 Å². The van der Waals surface area contributed by atoms with Crippen molar-refractivity contribution in [2.75, 3.05) is 18.0 Å². The van der Waals surface area contributed by atoms with Crippen molar-refractivity contribution >= 4 is 28.1 Å². The highest BCUT2D eigenvalue weighted by atomic mass is 16.6. The van der Waals surface area contributed by atoms with Gasteiger partial charge in [0.1, 0.15) is 6.54 Å². The molecule has 1 aromatic carbocycles. The number of nitro benzene ring substituents is 1. The van der Waals surface area contributed by atoms with Crippen molar-refractivity contribution in [2.45, 2.75) is 13.3 Å². The number of nitro groups is 1. The summed E-state index contributed by atoms with van der Waals surface area (Å²) in [6, 6.07) is 4.56. The molecule has 1 aromatic heterocycles. The van der Waals surface area contributed by atoms with E-state index in [-0.39, 0.29) is 12.2 Å². The fraction of sp³-hybridized carbons (Fsp3) is 0.286. The number of aromatic nitrogens is 1. The van der Waals surface area contributed by atoms with Gasteiger partial charge in [-0.15, -0.1) is 0 Å². The maximum atomic E-state index is 11.1. The number of carboxylic acid groups (broad SMARTS) is 1. The Hall–Kier alpha value is -2.70. The topological polar surface area (TPSA) is 96.6 Å². The molecule has 0 fully saturated rings. The van der Waals surface area contributed by atoms with Crippen LogP contribution >= 0.6 is 0 Å². The summed E-state index contributed by atoms with van der Waals surface area (Å²) in [5, 5.41) is 21.1. The summed E-state index contributed by atoms with van der Waals surface area (Å²) in [6.45, 7) is 2.34. The largest absolute Gasteiger partial charge is 0.480 e. The predicted octanol–water partition coefficient (Wildman–Crippen LogP) is 2.44. The number of pyridine rings is 1. The van der Waals surface area contributed by atoms with Gasteiger partial charge in [0.05, 0.1) is 10.3 Å². The third-order valence-corrected chi connectivity index (χ3v) is 3.13. The van der Waals surface area contributed by atoms with Gasteiger partial charge in [-0.2, -0.15) is 0 Å². The lowest BCUT2D eigenvalue weighted by atomic mass is 10.1. The van der Waals surface area contributed by atoms with Crippen LogP contribution in [0.15, 0.2) is 30.6 Å². The van der Waals surface area contributed by atoms with Crippen LogP contribution in [-0.2, 0) is 4.79 Å². The van der Waals surface area contributed by atoms with E-state index in [1.807, 2.05) is 6.92 Å². The smallest absolute Gasteiger partial charge is 0.323 e. The van der Waals surface area contributed by atoms with Crippen molar-refractivity contribution in [1.82, 2.24) is 4.98 Å². The highest BCUT2D eigenvalue weighted by molar-refractivity contribution is 6.00. The lowest BCUT2D eigenvalue weighted by Crippen LogP contribution is -2.30. The molecule has 0 saturated carbocycles. The van der Waals surface area contributed by atoms with Crippen LogP contribution in [0.3, 0.4) is 0 Å². The summed E-state index contributed by atoms with van der Waals surface area (Å²) in [6.07, 6.45) is 3.79. The average molecular weight is 289 g/mol. The van der Waals surface area contributed by atoms with E-state index in [9.17, 15) is 14.9 Å². The number of carboxylic acids is 1. The molecule has 7 heteroatoms. The van der Waals surface area contributed by atoms with E-state index >= 15 is 0 Å². The molecular formula is C14H15N3O4. The van der Waals surface area contributed by atoms with Crippen LogP contribution in [0.1, 0.15) is 13.3 Å². The van der Waals surface area contributed by atoms with E-state index in [2.05, 4.69) is 4.98 Å². The number of hydrogen-bond acceptors (Lipinski definition) is 5. The SMILES string of the molecule is CCCN(CC(=O)O)c1ccc([N+](=O)[O-])c2ccncc12. The number of carbonyl (C=O) groups is 1. The molecular weight excluding hydrogens is 274 g/mol. The Morgan fingerprint density at radius 2 is 2.14 bits per heavy atom. The maximum absolute atomic E-state index is 11.1. The highest BCUT2D eigenvalue weighted by Gasteiger charge is 2.18. The first kappa shape index (κ1) is 14.7. The van der Waals surface area contributed by atoms with Gasteiger partial charge in [-0.05, 0) is 18.6 Å². The molecule has 7 nitrogen and oxygen atoms in total. The monoisotopic (exact) mass is 289 g/mol. The van der Waals surface area contributed by atoms with Crippen LogP contribution in [-0.4, -0.2) is 34.1 Å². The Kier molecular flexibility index (Phi) is 4.32. The van der Waals surface area contributed by atoms with Crippen molar-refractivity contribution in [3.63, 3.8) is 0 Å². The fourth-order valence-electron chi connectivity index (χ4n) is 2.31. The molecule has 21 heavy (non-hydrogen) atoms. The van der Waals surface area contributed by atoms with E-state index in [0.717, 1.165) is 6.42 Å². The van der Waals surface area contributed by atoms with E-state index in [1.54, 1.807) is 17.0 Å². The summed E-state index contributed by atoms with van der Waals surface area (Å²) in [7, 11) is 0. The number of rotatable bonds is 6. The molecule has 0 saturated heterocycles. The third kappa shape index (κ3) is 3.07. The molecule has 0 atom stereocenters. The molecule has 0 spiro atoms. The van der Waals surface area contributed by atoms with Gasteiger partial charge in [0.2, 0.25) is 0 Å². The lowest BCUT2D eigenvalue weighted by molar-refractivity contribution is -0.383. The number of hydrogen-bond donors (Lipinski definition) is 1. The number of anilines is 1. The molecule has 1 heterocycles. The Balaban J connectivity index is 2.60. The van der Waals surface area contributed by atoms with Crippen LogP contribution in [0.5, 0.6) is 0 Å². The number of fused-ring (bicyclic) bond motifs is 1. The maximum Gasteiger partial charge on any atom is 0.323 e. The van der Waals surface area contributed by atoms with Gasteiger partial charge in [-0.25, -0.2) is 0 Å². The van der Waals surface area contributed by atoms with Crippen LogP contribution in [0.2, 0.25) is 0 Å². The van der Waals surface area contributed by atoms with Gasteiger partial charge in [0, 0.05) is 36.1 Å². The van der Waals surface area contributed by atoms with Gasteiger partial charge in [0.15, 0.2) is 0 Å². The third-order valence-electron chi connectivity index (χ3n) is 3.13. The minimum Gasteiger partial charge on any atom is -0.480 e. The molecule has 0 unspecified atom stereocenters. The zero-order chi connectivity index (χ0) is 15.4. The Bertz CT molecular complexity index is 687. The van der Waals surface area contributed by atoms with Crippen molar-refractivity contribution in [1.29, 1.82) is 0 Å². The van der Waals surface area contributed by atoms with Gasteiger partial charge in [0.25, 0.3) is 5.69 Å². The molecule has 0 radical (unpaired) electrons. The van der Waals surface area contributed by atoms with Crippen molar-refractivity contribution in [3.05, 3.63) is 40.7 Å². The summed E-state index contributed by atoms with van der Waals surface area (Å²) in [5.74, 6) is -0.946. The summed E-state index contributed by atoms with van der Waals surface area (Å²) in [5.41, 5.74) is 0.635. The number of nitrogens with zero attached hydrogens (tertiary/aromatic N) is 3. The summed E-state index contributed by atoms with van der Waals surface area (Å²) < 4.78 is 0. The Morgan fingerprint density at radius 3 is 2.76 bits per heavy atom. The van der Waals surface area contributed by atoms with E-state index in [0.29, 0.717) is 23.0 Å². The molecule has 110 valence electrons. The standard InChI is InChI=1S/C14H15N3O4/c1-2-7-16(9-14(18)19)12-3-4-13(17(20)21)10-5-6-15-8-11(10)12/h3-6,8H,2,7,9H2,1H3,(H,18,19). The van der Waals surface area contributed by atoms with Crippen LogP contribution in [0, 0.1) is 10.1 Å². The molecule has 0 amide bonds. The van der Waals surface area contributed by atoms with Crippen LogP contribution in [0.25, 0.3) is 10.8 Å². The van der Waals surface area contributed by atoms with Crippen molar-refractivity contribution in [3.8, 4) is 0 Å². The van der Waals surface area contributed by atoms with Crippen LogP contribution in [0.4, 0.5) is 11.4 Å². The molecule has 0 aliphatic heterocycles. The first-order valence-electron chi connectivity index (χ1n) is 6.52. The van der Waals surface area contributed by atoms with Crippen molar-refractivity contribution < 1.29 is 14.8 Å². The molecule has 2 aromatic rings. The second-order valence-corrected chi connectivity index (χ2v) is 4.60. The zero-order valence-electron chi connectivity index (χ0n) is 11.5. The first-order valence-corrected chi connectivity index (χ1v) is 6.52. The Morgan fingerprint density at radius 1 is 1.38 bits per heavy atom. The second-order valence-electron chi connectivity index (χ2n) is 4.60. The molecule has 0 aliphatic carbocycles. The minimum atomic E-state index is -0.946. The van der Waals surface area contributed by atoms with E-state index in [1.165, 1.54) is 18.5 Å². The van der Waals surface area contributed by atoms with Gasteiger partial charge < -0.3 is 10.0 Å². The van der Waals surface area contributed by atoms with Gasteiger partial charge in [-0.3, -0.25) is 19.9 Å². The quantitative estimate of drug-likeness (QED) is 0.648. The van der Waals surface area contributed by atoms with E-state index in [4.69, 9.17) is 5.11 Å². The summed E-state index contributed by atoms with van der Waals surface area (Å²) >= 11 is 0. The molecule has 2 rings (SSSR count). The summed E-state index contributed by atoms with van der Waals surface area (Å²) in [4.78, 5) is 27.3. The lowest BCUT2D eigenvalue weighted by Gasteiger charge is -2.23. The normalized spacial score (nSPS) is 10.5. The predicted molar refractivity (Wildman–Crippen MR) is 78.5 cm³/mol. The zero-order valence-corrected chi connectivity index (χ0v) is 11.5. The average Bonchev–Trinajstić information content (AvgIpc) is 2.45. The fourth-order valence-corrected chi connectivity index (χ4v) is 2.31. The number of benzene rings is 1. The second kappa shape index (κ2) is 6.17. The molecule has 0 aliphatic rings. The minimum absolute atomic E-state index is 0.0112. The number of aliphatic carboxylic acids is 1. The highest BCUT2D eigenvalue weighted by Crippen LogP contribution is 2.32. The van der Waals surface area contributed by atoms with E-state index < -0.39 is 10.9 Å². The molecule has 1 N–H and O–H groups in total. The van der Waals surface area contributed by atoms with Crippen LogP contribution < -0.4 is 4.90 Å². The molecule has 0 bridgehead atoms.